The van der Waals surface area contributed by atoms with Gasteiger partial charge >= 0.3 is 0 Å². The first-order chi connectivity index (χ1) is 11.5. The maximum Gasteiger partial charge on any atom is 0.271 e. The van der Waals surface area contributed by atoms with Crippen molar-refractivity contribution in [2.45, 2.75) is 37.1 Å². The molecule has 0 radical (unpaired) electrons. The predicted octanol–water partition coefficient (Wildman–Crippen LogP) is -0.0300. The van der Waals surface area contributed by atoms with E-state index in [1.54, 1.807) is 21.6 Å². The quantitative estimate of drug-likeness (QED) is 0.715. The fourth-order valence-corrected chi connectivity index (χ4v) is 4.09. The largest absolute Gasteiger partial charge is 0.480 e. The highest BCUT2D eigenvalue weighted by Gasteiger charge is 2.50. The van der Waals surface area contributed by atoms with Crippen LogP contribution in [0.1, 0.15) is 19.3 Å². The van der Waals surface area contributed by atoms with Gasteiger partial charge in [0.25, 0.3) is 5.91 Å². The van der Waals surface area contributed by atoms with E-state index in [4.69, 9.17) is 4.74 Å². The summed E-state index contributed by atoms with van der Waals surface area (Å²) in [5.41, 5.74) is -0.379. The SMILES string of the molecule is CSCCC1NC2(CCN(C(=O)C3OC=CC3=O)CC2)N(C)C1=O. The molecule has 132 valence electrons. The molecule has 1 spiro atoms. The number of likely N-dealkylation sites (N-methyl/N-ethyl adjacent to an activating group) is 1. The fraction of sp³-hybridized carbons (Fsp3) is 0.688. The lowest BCUT2D eigenvalue weighted by Crippen LogP contribution is -2.59. The van der Waals surface area contributed by atoms with Gasteiger partial charge in [0.15, 0.2) is 0 Å². The van der Waals surface area contributed by atoms with E-state index in [0.717, 1.165) is 12.2 Å². The van der Waals surface area contributed by atoms with Crippen LogP contribution in [0.2, 0.25) is 0 Å². The molecule has 2 amide bonds. The number of amides is 2. The highest BCUT2D eigenvalue weighted by atomic mass is 32.2. The van der Waals surface area contributed by atoms with Crippen LogP contribution in [0.4, 0.5) is 0 Å². The Hall–Kier alpha value is -1.54. The Morgan fingerprint density at radius 3 is 2.71 bits per heavy atom. The van der Waals surface area contributed by atoms with Gasteiger partial charge in [0, 0.05) is 39.1 Å². The summed E-state index contributed by atoms with van der Waals surface area (Å²) in [6.45, 7) is 1.01. The maximum absolute atomic E-state index is 12.5. The number of rotatable bonds is 4. The van der Waals surface area contributed by atoms with E-state index in [0.29, 0.717) is 25.9 Å². The molecule has 1 N–H and O–H groups in total. The van der Waals surface area contributed by atoms with E-state index in [9.17, 15) is 14.4 Å². The first-order valence-corrected chi connectivity index (χ1v) is 9.57. The number of nitrogens with zero attached hydrogens (tertiary/aromatic N) is 2. The van der Waals surface area contributed by atoms with Gasteiger partial charge in [-0.05, 0) is 18.4 Å². The number of hydrogen-bond donors (Lipinski definition) is 1. The number of thioether (sulfide) groups is 1. The molecule has 2 saturated heterocycles. The Morgan fingerprint density at radius 1 is 1.42 bits per heavy atom. The molecular weight excluding hydrogens is 330 g/mol. The van der Waals surface area contributed by atoms with Crippen LogP contribution in [0, 0.1) is 0 Å². The van der Waals surface area contributed by atoms with Gasteiger partial charge in [-0.1, -0.05) is 0 Å². The molecule has 3 heterocycles. The zero-order valence-corrected chi connectivity index (χ0v) is 14.8. The standard InChI is InChI=1S/C16H23N3O4S/c1-18-14(21)11(4-10-24-2)17-16(18)5-7-19(8-6-16)15(22)13-12(20)3-9-23-13/h3,9,11,13,17H,4-8,10H2,1-2H3. The maximum atomic E-state index is 12.5. The summed E-state index contributed by atoms with van der Waals surface area (Å²) in [4.78, 5) is 39.9. The van der Waals surface area contributed by atoms with Crippen molar-refractivity contribution in [1.29, 1.82) is 0 Å². The highest BCUT2D eigenvalue weighted by molar-refractivity contribution is 7.98. The second-order valence-corrected chi connectivity index (χ2v) is 7.44. The molecule has 3 rings (SSSR count). The molecule has 0 aromatic heterocycles. The Kier molecular flexibility index (Phi) is 4.87. The van der Waals surface area contributed by atoms with Crippen LogP contribution in [0.15, 0.2) is 12.3 Å². The Labute approximate surface area is 145 Å². The van der Waals surface area contributed by atoms with Gasteiger partial charge in [0.1, 0.15) is 0 Å². The van der Waals surface area contributed by atoms with Gasteiger partial charge in [-0.25, -0.2) is 0 Å². The van der Waals surface area contributed by atoms with Crippen LogP contribution in [0.25, 0.3) is 0 Å². The molecule has 0 bridgehead atoms. The molecule has 8 heteroatoms. The third-order valence-electron chi connectivity index (χ3n) is 5.16. The summed E-state index contributed by atoms with van der Waals surface area (Å²) < 4.78 is 5.09. The monoisotopic (exact) mass is 353 g/mol. The average molecular weight is 353 g/mol. The Balaban J connectivity index is 1.61. The first-order valence-electron chi connectivity index (χ1n) is 8.17. The van der Waals surface area contributed by atoms with Gasteiger partial charge in [-0.15, -0.1) is 0 Å². The molecule has 2 unspecified atom stereocenters. The van der Waals surface area contributed by atoms with Crippen molar-refractivity contribution in [1.82, 2.24) is 15.1 Å². The van der Waals surface area contributed by atoms with Crippen LogP contribution < -0.4 is 5.32 Å². The number of carbonyl (C=O) groups is 3. The first kappa shape index (κ1) is 17.3. The Bertz CT molecular complexity index is 572. The van der Waals surface area contributed by atoms with Crippen LogP contribution >= 0.6 is 11.8 Å². The number of hydrogen-bond acceptors (Lipinski definition) is 6. The lowest BCUT2D eigenvalue weighted by Gasteiger charge is -2.43. The topological polar surface area (TPSA) is 79.0 Å². The van der Waals surface area contributed by atoms with Crippen molar-refractivity contribution < 1.29 is 19.1 Å². The summed E-state index contributed by atoms with van der Waals surface area (Å²) in [6, 6.07) is -0.145. The molecule has 3 aliphatic heterocycles. The number of ketones is 1. The number of ether oxygens (including phenoxy) is 1. The van der Waals surface area contributed by atoms with Crippen molar-refractivity contribution in [2.24, 2.45) is 0 Å². The number of nitrogens with one attached hydrogen (secondary N) is 1. The van der Waals surface area contributed by atoms with Crippen molar-refractivity contribution in [3.8, 4) is 0 Å². The van der Waals surface area contributed by atoms with E-state index >= 15 is 0 Å². The molecule has 24 heavy (non-hydrogen) atoms. The zero-order chi connectivity index (χ0) is 17.3. The Morgan fingerprint density at radius 2 is 2.12 bits per heavy atom. The molecule has 2 atom stereocenters. The van der Waals surface area contributed by atoms with Crippen LogP contribution in [-0.2, 0) is 19.1 Å². The van der Waals surface area contributed by atoms with Gasteiger partial charge in [0.05, 0.1) is 18.0 Å². The van der Waals surface area contributed by atoms with E-state index in [1.807, 2.05) is 13.3 Å². The second-order valence-electron chi connectivity index (χ2n) is 6.45. The third kappa shape index (κ3) is 2.93. The zero-order valence-electron chi connectivity index (χ0n) is 14.0. The lowest BCUT2D eigenvalue weighted by atomic mass is 9.95. The summed E-state index contributed by atoms with van der Waals surface area (Å²) >= 11 is 1.73. The summed E-state index contributed by atoms with van der Waals surface area (Å²) in [7, 11) is 1.83. The molecular formula is C16H23N3O4S. The minimum absolute atomic E-state index is 0.127. The van der Waals surface area contributed by atoms with Crippen LogP contribution in [0.3, 0.4) is 0 Å². The minimum atomic E-state index is -1.02. The van der Waals surface area contributed by atoms with Crippen molar-refractivity contribution >= 4 is 29.4 Å². The van der Waals surface area contributed by atoms with Crippen LogP contribution in [0.5, 0.6) is 0 Å². The van der Waals surface area contributed by atoms with Crippen molar-refractivity contribution in [3.05, 3.63) is 12.3 Å². The van der Waals surface area contributed by atoms with Gasteiger partial charge in [0.2, 0.25) is 17.8 Å². The van der Waals surface area contributed by atoms with Crippen LogP contribution in [-0.4, -0.2) is 77.4 Å². The van der Waals surface area contributed by atoms with Gasteiger partial charge in [-0.3, -0.25) is 19.7 Å². The van der Waals surface area contributed by atoms with E-state index in [-0.39, 0.29) is 29.3 Å². The third-order valence-corrected chi connectivity index (χ3v) is 5.80. The molecule has 0 aromatic rings. The van der Waals surface area contributed by atoms with Crippen molar-refractivity contribution in [3.63, 3.8) is 0 Å². The summed E-state index contributed by atoms with van der Waals surface area (Å²) in [5.74, 6) is 0.475. The number of carbonyl (C=O) groups excluding carboxylic acids is 3. The number of piperidine rings is 1. The summed E-state index contributed by atoms with van der Waals surface area (Å²) in [6.07, 6.45) is 5.70. The molecule has 0 saturated carbocycles. The van der Waals surface area contributed by atoms with Crippen molar-refractivity contribution in [2.75, 3.05) is 32.1 Å². The minimum Gasteiger partial charge on any atom is -0.480 e. The van der Waals surface area contributed by atoms with E-state index < -0.39 is 6.10 Å². The number of likely N-dealkylation sites (tertiary alicyclic amines) is 1. The molecule has 0 aliphatic carbocycles. The van der Waals surface area contributed by atoms with Gasteiger partial charge < -0.3 is 14.5 Å². The normalized spacial score (nSPS) is 28.8. The van der Waals surface area contributed by atoms with E-state index in [1.165, 1.54) is 12.3 Å². The fourth-order valence-electron chi connectivity index (χ4n) is 3.62. The molecule has 0 aromatic carbocycles. The molecule has 2 fully saturated rings. The molecule has 7 nitrogen and oxygen atoms in total. The summed E-state index contributed by atoms with van der Waals surface area (Å²) in [5, 5.41) is 3.49. The highest BCUT2D eigenvalue weighted by Crippen LogP contribution is 2.32. The second kappa shape index (κ2) is 6.76. The molecule has 3 aliphatic rings. The predicted molar refractivity (Wildman–Crippen MR) is 90.3 cm³/mol. The lowest BCUT2D eigenvalue weighted by molar-refractivity contribution is -0.146. The van der Waals surface area contributed by atoms with Gasteiger partial charge in [-0.2, -0.15) is 11.8 Å². The van der Waals surface area contributed by atoms with E-state index in [2.05, 4.69) is 5.32 Å². The average Bonchev–Trinajstić information content (AvgIpc) is 3.11. The smallest absolute Gasteiger partial charge is 0.271 e.